The van der Waals surface area contributed by atoms with Gasteiger partial charge >= 0.3 is 0 Å². The first-order valence-electron chi connectivity index (χ1n) is 15.9. The zero-order chi connectivity index (χ0) is 30.6. The van der Waals surface area contributed by atoms with E-state index in [1.165, 1.54) is 94.9 Å². The molecule has 0 fully saturated rings. The Morgan fingerprint density at radius 1 is 0.319 bits per heavy atom. The number of benzene rings is 8. The van der Waals surface area contributed by atoms with Crippen molar-refractivity contribution in [1.82, 2.24) is 0 Å². The molecule has 3 aromatic heterocycles. The van der Waals surface area contributed by atoms with Gasteiger partial charge in [-0.25, -0.2) is 0 Å². The molecule has 3 heteroatoms. The van der Waals surface area contributed by atoms with Gasteiger partial charge in [-0.05, 0) is 86.3 Å². The van der Waals surface area contributed by atoms with Crippen molar-refractivity contribution in [3.63, 3.8) is 0 Å². The second-order valence-corrected chi connectivity index (χ2v) is 14.5. The lowest BCUT2D eigenvalue weighted by Crippen LogP contribution is -1.90. The molecule has 0 saturated heterocycles. The molecule has 47 heavy (non-hydrogen) atoms. The van der Waals surface area contributed by atoms with Crippen LogP contribution in [0.2, 0.25) is 0 Å². The van der Waals surface area contributed by atoms with Crippen LogP contribution in [0.25, 0.3) is 106 Å². The number of thiophene rings is 2. The molecule has 0 aliphatic carbocycles. The van der Waals surface area contributed by atoms with Gasteiger partial charge < -0.3 is 4.42 Å². The second-order valence-electron chi connectivity index (χ2n) is 12.4. The maximum absolute atomic E-state index is 6.48. The Bertz CT molecular complexity index is 3020. The van der Waals surface area contributed by atoms with E-state index in [2.05, 4.69) is 146 Å². The summed E-state index contributed by atoms with van der Waals surface area (Å²) in [5.41, 5.74) is 6.88. The van der Waals surface area contributed by atoms with E-state index in [0.29, 0.717) is 0 Å². The Hall–Kier alpha value is -5.48. The van der Waals surface area contributed by atoms with Crippen molar-refractivity contribution in [2.24, 2.45) is 0 Å². The van der Waals surface area contributed by atoms with E-state index < -0.39 is 0 Å². The van der Waals surface area contributed by atoms with Crippen molar-refractivity contribution in [2.75, 3.05) is 0 Å². The molecule has 0 aliphatic heterocycles. The molecule has 0 saturated carbocycles. The van der Waals surface area contributed by atoms with E-state index in [9.17, 15) is 0 Å². The molecule has 1 nitrogen and oxygen atoms in total. The Labute approximate surface area is 277 Å². The van der Waals surface area contributed by atoms with Crippen molar-refractivity contribution in [2.45, 2.75) is 0 Å². The molecule has 11 rings (SSSR count). The van der Waals surface area contributed by atoms with E-state index in [1.807, 2.05) is 22.7 Å². The minimum Gasteiger partial charge on any atom is -0.456 e. The van der Waals surface area contributed by atoms with Gasteiger partial charge in [-0.2, -0.15) is 0 Å². The van der Waals surface area contributed by atoms with Crippen LogP contribution in [0.3, 0.4) is 0 Å². The molecule has 11 aromatic rings. The summed E-state index contributed by atoms with van der Waals surface area (Å²) >= 11 is 3.73. The lowest BCUT2D eigenvalue weighted by atomic mass is 9.85. The first-order chi connectivity index (χ1) is 23.3. The van der Waals surface area contributed by atoms with E-state index in [-0.39, 0.29) is 0 Å². The number of hydrogen-bond donors (Lipinski definition) is 0. The molecule has 0 N–H and O–H groups in total. The fourth-order valence-electron chi connectivity index (χ4n) is 7.87. The maximum atomic E-state index is 6.48. The third-order valence-electron chi connectivity index (χ3n) is 9.86. The minimum atomic E-state index is 0.924. The number of rotatable bonds is 2. The number of fused-ring (bicyclic) bond motifs is 12. The summed E-state index contributed by atoms with van der Waals surface area (Å²) in [5.74, 6) is 0. The van der Waals surface area contributed by atoms with Gasteiger partial charge in [-0.3, -0.25) is 0 Å². The highest BCUT2D eigenvalue weighted by molar-refractivity contribution is 7.26. The number of hydrogen-bond acceptors (Lipinski definition) is 3. The molecule has 0 unspecified atom stereocenters. The fraction of sp³-hybridized carbons (Fsp3) is 0. The monoisotopic (exact) mass is 632 g/mol. The molecule has 8 aromatic carbocycles. The molecule has 0 radical (unpaired) electrons. The molecule has 218 valence electrons. The van der Waals surface area contributed by atoms with Gasteiger partial charge in [0.15, 0.2) is 0 Å². The highest BCUT2D eigenvalue weighted by Crippen LogP contribution is 2.47. The van der Waals surface area contributed by atoms with Gasteiger partial charge in [0.05, 0.1) is 0 Å². The molecular formula is C44H24OS2. The van der Waals surface area contributed by atoms with Crippen LogP contribution in [0.4, 0.5) is 0 Å². The van der Waals surface area contributed by atoms with Gasteiger partial charge in [0.2, 0.25) is 0 Å². The first-order valence-corrected chi connectivity index (χ1v) is 17.6. The molecule has 0 atom stereocenters. The van der Waals surface area contributed by atoms with Crippen LogP contribution in [-0.4, -0.2) is 0 Å². The van der Waals surface area contributed by atoms with Crippen LogP contribution in [0.5, 0.6) is 0 Å². The van der Waals surface area contributed by atoms with Gasteiger partial charge in [0.25, 0.3) is 0 Å². The Kier molecular flexibility index (Phi) is 5.20. The standard InChI is InChI=1S/C44H24OS2/c1-3-12-31-29(10-1)41(25-18-20-35-34(23-25)43-36(45-35)21-22-39-44(43)33-14-6-8-16-38(33)46-39)30-11-2-4-13-32(30)42(31)26-17-19-28-27-9-5-7-15-37(27)47-40(28)24-26/h1-24H. The van der Waals surface area contributed by atoms with Crippen LogP contribution in [-0.2, 0) is 0 Å². The van der Waals surface area contributed by atoms with Gasteiger partial charge in [-0.1, -0.05) is 103 Å². The summed E-state index contributed by atoms with van der Waals surface area (Å²) in [6.45, 7) is 0. The second kappa shape index (κ2) is 9.52. The summed E-state index contributed by atoms with van der Waals surface area (Å²) in [4.78, 5) is 0. The Morgan fingerprint density at radius 2 is 0.830 bits per heavy atom. The minimum absolute atomic E-state index is 0.924. The summed E-state index contributed by atoms with van der Waals surface area (Å²) in [5, 5.41) is 12.7. The Morgan fingerprint density at radius 3 is 1.53 bits per heavy atom. The van der Waals surface area contributed by atoms with Crippen molar-refractivity contribution in [3.8, 4) is 22.3 Å². The normalized spacial score (nSPS) is 12.3. The van der Waals surface area contributed by atoms with Crippen LogP contribution < -0.4 is 0 Å². The molecular weight excluding hydrogens is 609 g/mol. The predicted molar refractivity (Wildman–Crippen MR) is 205 cm³/mol. The lowest BCUT2D eigenvalue weighted by Gasteiger charge is -2.18. The van der Waals surface area contributed by atoms with E-state index in [4.69, 9.17) is 4.42 Å². The molecule has 0 aliphatic rings. The van der Waals surface area contributed by atoms with E-state index in [0.717, 1.165) is 11.2 Å². The highest BCUT2D eigenvalue weighted by Gasteiger charge is 2.20. The SMILES string of the molecule is c1ccc2c(c1)sc1cc(-c3c4ccccc4c(-c4ccc5oc6ccc7sc8ccccc8c7c6c5c4)c4ccccc34)ccc12. The molecule has 3 heterocycles. The fourth-order valence-corrected chi connectivity index (χ4v) is 10.1. The third kappa shape index (κ3) is 3.58. The molecule has 0 spiro atoms. The molecule has 0 amide bonds. The number of furan rings is 1. The Balaban J connectivity index is 1.22. The summed E-state index contributed by atoms with van der Waals surface area (Å²) < 4.78 is 11.7. The average Bonchev–Trinajstić information content (AvgIpc) is 3.80. The van der Waals surface area contributed by atoms with Crippen LogP contribution >= 0.6 is 22.7 Å². The van der Waals surface area contributed by atoms with Crippen molar-refractivity contribution in [3.05, 3.63) is 146 Å². The van der Waals surface area contributed by atoms with Crippen LogP contribution in [0.1, 0.15) is 0 Å². The summed E-state index contributed by atoms with van der Waals surface area (Å²) in [6.07, 6.45) is 0. The van der Waals surface area contributed by atoms with Gasteiger partial charge in [-0.15, -0.1) is 22.7 Å². The van der Waals surface area contributed by atoms with Crippen molar-refractivity contribution >= 4 is 107 Å². The summed E-state index contributed by atoms with van der Waals surface area (Å²) in [6, 6.07) is 53.5. The zero-order valence-electron chi connectivity index (χ0n) is 25.1. The van der Waals surface area contributed by atoms with Crippen molar-refractivity contribution < 1.29 is 4.42 Å². The predicted octanol–water partition coefficient (Wildman–Crippen LogP) is 14.0. The van der Waals surface area contributed by atoms with Crippen LogP contribution in [0, 0.1) is 0 Å². The molecule has 0 bridgehead atoms. The van der Waals surface area contributed by atoms with Crippen LogP contribution in [0.15, 0.2) is 150 Å². The smallest absolute Gasteiger partial charge is 0.136 e. The lowest BCUT2D eigenvalue weighted by molar-refractivity contribution is 0.669. The average molecular weight is 633 g/mol. The van der Waals surface area contributed by atoms with Gasteiger partial charge in [0.1, 0.15) is 11.2 Å². The van der Waals surface area contributed by atoms with E-state index >= 15 is 0 Å². The van der Waals surface area contributed by atoms with E-state index in [1.54, 1.807) is 0 Å². The first kappa shape index (κ1) is 25.7. The highest BCUT2D eigenvalue weighted by atomic mass is 32.1. The maximum Gasteiger partial charge on any atom is 0.136 e. The summed E-state index contributed by atoms with van der Waals surface area (Å²) in [7, 11) is 0. The topological polar surface area (TPSA) is 13.1 Å². The quantitative estimate of drug-likeness (QED) is 0.173. The van der Waals surface area contributed by atoms with Crippen molar-refractivity contribution in [1.29, 1.82) is 0 Å². The largest absolute Gasteiger partial charge is 0.456 e. The zero-order valence-corrected chi connectivity index (χ0v) is 26.7. The third-order valence-corrected chi connectivity index (χ3v) is 12.1. The van der Waals surface area contributed by atoms with Gasteiger partial charge in [0, 0.05) is 51.1 Å².